The zero-order chi connectivity index (χ0) is 7.56. The lowest BCUT2D eigenvalue weighted by atomic mass is 10.4. The summed E-state index contributed by atoms with van der Waals surface area (Å²) in [7, 11) is 1.87. The Morgan fingerprint density at radius 1 is 1.64 bits per heavy atom. The van der Waals surface area contributed by atoms with Gasteiger partial charge in [-0.15, -0.1) is 0 Å². The van der Waals surface area contributed by atoms with Crippen molar-refractivity contribution in [3.8, 4) is 0 Å². The molecule has 4 heteroatoms. The number of quaternary nitrogens is 1. The first-order chi connectivity index (χ1) is 4.74. The van der Waals surface area contributed by atoms with Crippen LogP contribution in [0.15, 0.2) is 0 Å². The van der Waals surface area contributed by atoms with Gasteiger partial charge in [0.25, 0.3) is 0 Å². The van der Waals surface area contributed by atoms with Crippen molar-refractivity contribution < 1.29 is 22.2 Å². The molecule has 1 atom stereocenters. The van der Waals surface area contributed by atoms with Crippen molar-refractivity contribution in [2.24, 2.45) is 0 Å². The van der Waals surface area contributed by atoms with Crippen LogP contribution in [-0.4, -0.2) is 19.0 Å². The normalized spacial score (nSPS) is 18.7. The van der Waals surface area contributed by atoms with Gasteiger partial charge in [-0.3, -0.25) is 0 Å². The summed E-state index contributed by atoms with van der Waals surface area (Å²) in [4.78, 5) is 11.0. The van der Waals surface area contributed by atoms with Crippen molar-refractivity contribution in [2.45, 2.75) is 32.2 Å². The van der Waals surface area contributed by atoms with Crippen molar-refractivity contribution in [1.29, 1.82) is 0 Å². The number of halogens is 1. The van der Waals surface area contributed by atoms with Crippen molar-refractivity contribution in [1.82, 2.24) is 5.43 Å². The topological polar surface area (TPSA) is 33.5 Å². The molecule has 1 unspecified atom stereocenters. The van der Waals surface area contributed by atoms with Crippen LogP contribution >= 0.6 is 0 Å². The largest absolute Gasteiger partial charge is 1.00 e. The molecule has 1 saturated carbocycles. The van der Waals surface area contributed by atoms with Gasteiger partial charge < -0.3 is 12.4 Å². The van der Waals surface area contributed by atoms with E-state index in [1.807, 2.05) is 14.0 Å². The van der Waals surface area contributed by atoms with Crippen molar-refractivity contribution in [2.75, 3.05) is 7.05 Å². The summed E-state index contributed by atoms with van der Waals surface area (Å²) in [5.74, 6) is 0.243. The fourth-order valence-corrected chi connectivity index (χ4v) is 0.880. The molecule has 1 fully saturated rings. The summed E-state index contributed by atoms with van der Waals surface area (Å²) in [5, 5.41) is 0.838. The molecule has 3 nitrogen and oxygen atoms in total. The molecule has 66 valence electrons. The van der Waals surface area contributed by atoms with Crippen LogP contribution in [0.25, 0.3) is 0 Å². The summed E-state index contributed by atoms with van der Waals surface area (Å²) in [5.41, 5.74) is 3.17. The maximum absolute atomic E-state index is 11.0. The lowest BCUT2D eigenvalue weighted by molar-refractivity contribution is -0.849. The summed E-state index contributed by atoms with van der Waals surface area (Å²) in [6, 6.07) is 0.607. The Bertz CT molecular complexity index is 136. The van der Waals surface area contributed by atoms with Gasteiger partial charge in [0.2, 0.25) is 0 Å². The van der Waals surface area contributed by atoms with E-state index in [0.29, 0.717) is 12.5 Å². The van der Waals surface area contributed by atoms with E-state index in [-0.39, 0.29) is 18.3 Å². The van der Waals surface area contributed by atoms with Gasteiger partial charge in [-0.25, -0.2) is 4.79 Å². The second-order valence-electron chi connectivity index (χ2n) is 2.82. The Morgan fingerprint density at radius 3 is 2.55 bits per heavy atom. The van der Waals surface area contributed by atoms with Crippen LogP contribution < -0.4 is 22.8 Å². The smallest absolute Gasteiger partial charge is 0.330 e. The van der Waals surface area contributed by atoms with Gasteiger partial charge in [0.05, 0.1) is 19.5 Å². The number of rotatable bonds is 3. The van der Waals surface area contributed by atoms with Crippen LogP contribution in [0.2, 0.25) is 0 Å². The maximum atomic E-state index is 11.0. The number of nitrogens with one attached hydrogen (secondary N) is 2. The highest BCUT2D eigenvalue weighted by atomic mass is 35.5. The standard InChI is InChI=1S/C7H14N2O.ClH/c1-3-7(10)9(2)8-6-4-5-6;/h6,8H,3-5H2,1-2H3;1H. The zero-order valence-corrected chi connectivity index (χ0v) is 7.74. The molecule has 0 bridgehead atoms. The molecule has 1 aliphatic carbocycles. The van der Waals surface area contributed by atoms with Gasteiger partial charge in [-0.05, 0) is 12.8 Å². The molecule has 0 aromatic heterocycles. The number of carbonyl (C=O) groups excluding carboxylic acids is 1. The predicted octanol–water partition coefficient (Wildman–Crippen LogP) is -3.89. The molecular weight excluding hydrogens is 164 g/mol. The Labute approximate surface area is 73.5 Å². The maximum Gasteiger partial charge on any atom is 0.330 e. The van der Waals surface area contributed by atoms with Crippen LogP contribution in [0.3, 0.4) is 0 Å². The third-order valence-electron chi connectivity index (χ3n) is 1.74. The Kier molecular flexibility index (Phi) is 4.65. The number of hydrogen-bond donors (Lipinski definition) is 2. The average molecular weight is 179 g/mol. The highest BCUT2D eigenvalue weighted by Gasteiger charge is 2.26. The molecule has 0 aromatic rings. The van der Waals surface area contributed by atoms with E-state index in [1.54, 1.807) is 0 Å². The number of hydrogen-bond acceptors (Lipinski definition) is 2. The second kappa shape index (κ2) is 4.70. The van der Waals surface area contributed by atoms with E-state index in [1.165, 1.54) is 12.8 Å². The third-order valence-corrected chi connectivity index (χ3v) is 1.74. The first-order valence-electron chi connectivity index (χ1n) is 3.87. The van der Waals surface area contributed by atoms with Crippen molar-refractivity contribution >= 4 is 5.91 Å². The third kappa shape index (κ3) is 3.70. The molecule has 11 heavy (non-hydrogen) atoms. The van der Waals surface area contributed by atoms with E-state index >= 15 is 0 Å². The molecule has 0 heterocycles. The van der Waals surface area contributed by atoms with Crippen molar-refractivity contribution in [3.05, 3.63) is 0 Å². The van der Waals surface area contributed by atoms with Crippen molar-refractivity contribution in [3.63, 3.8) is 0 Å². The minimum absolute atomic E-state index is 0. The van der Waals surface area contributed by atoms with Crippen LogP contribution in [0.1, 0.15) is 26.2 Å². The monoisotopic (exact) mass is 178 g/mol. The van der Waals surface area contributed by atoms with Crippen LogP contribution in [-0.2, 0) is 4.79 Å². The summed E-state index contributed by atoms with van der Waals surface area (Å²) in [6.07, 6.45) is 3.08. The Balaban J connectivity index is 0.000001000. The molecular formula is C7H15ClN2O. The zero-order valence-electron chi connectivity index (χ0n) is 6.98. The molecule has 1 rings (SSSR count). The van der Waals surface area contributed by atoms with E-state index in [4.69, 9.17) is 0 Å². The molecule has 0 aliphatic heterocycles. The van der Waals surface area contributed by atoms with E-state index in [9.17, 15) is 4.79 Å². The number of carbonyl (C=O) groups is 1. The first-order valence-corrected chi connectivity index (χ1v) is 3.87. The highest BCUT2D eigenvalue weighted by molar-refractivity contribution is 5.65. The SMILES string of the molecule is CCC(=O)[NH+](C)NC1CC1.[Cl-]. The average Bonchev–Trinajstić information content (AvgIpc) is 2.70. The van der Waals surface area contributed by atoms with Gasteiger partial charge in [-0.2, -0.15) is 10.4 Å². The van der Waals surface area contributed by atoms with Gasteiger partial charge in [0.1, 0.15) is 0 Å². The fourth-order valence-electron chi connectivity index (χ4n) is 0.880. The predicted molar refractivity (Wildman–Crippen MR) is 38.3 cm³/mol. The molecule has 0 spiro atoms. The highest BCUT2D eigenvalue weighted by Crippen LogP contribution is 2.16. The van der Waals surface area contributed by atoms with Crippen LogP contribution in [0, 0.1) is 0 Å². The molecule has 2 N–H and O–H groups in total. The van der Waals surface area contributed by atoms with E-state index in [0.717, 1.165) is 5.01 Å². The van der Waals surface area contributed by atoms with Crippen LogP contribution in [0.5, 0.6) is 0 Å². The molecule has 0 radical (unpaired) electrons. The van der Waals surface area contributed by atoms with Crippen LogP contribution in [0.4, 0.5) is 0 Å². The second-order valence-corrected chi connectivity index (χ2v) is 2.82. The van der Waals surface area contributed by atoms with E-state index < -0.39 is 0 Å². The lowest BCUT2D eigenvalue weighted by Crippen LogP contribution is -3.18. The number of amides is 1. The van der Waals surface area contributed by atoms with Gasteiger partial charge in [-0.1, -0.05) is 6.92 Å². The van der Waals surface area contributed by atoms with Gasteiger partial charge >= 0.3 is 5.91 Å². The molecule has 1 amide bonds. The lowest BCUT2D eigenvalue weighted by Gasteiger charge is -2.09. The van der Waals surface area contributed by atoms with E-state index in [2.05, 4.69) is 5.43 Å². The minimum Gasteiger partial charge on any atom is -1.00 e. The van der Waals surface area contributed by atoms with Gasteiger partial charge in [0, 0.05) is 0 Å². The Hall–Kier alpha value is -0.120. The van der Waals surface area contributed by atoms with Gasteiger partial charge in [0.15, 0.2) is 0 Å². The minimum atomic E-state index is 0. The summed E-state index contributed by atoms with van der Waals surface area (Å²) in [6.45, 7) is 1.89. The Morgan fingerprint density at radius 2 is 2.18 bits per heavy atom. The first kappa shape index (κ1) is 10.9. The fraction of sp³-hybridized carbons (Fsp3) is 0.857. The quantitative estimate of drug-likeness (QED) is 0.434. The summed E-state index contributed by atoms with van der Waals surface area (Å²) < 4.78 is 0. The molecule has 1 aliphatic rings. The summed E-state index contributed by atoms with van der Waals surface area (Å²) >= 11 is 0. The molecule has 0 aromatic carbocycles. The molecule has 0 saturated heterocycles.